The maximum absolute atomic E-state index is 12.5. The van der Waals surface area contributed by atoms with Gasteiger partial charge in [0, 0.05) is 12.8 Å². The number of allylic oxidation sites excluding steroid dienone is 2. The Hall–Kier alpha value is -1.40. The fourth-order valence-electron chi connectivity index (χ4n) is 11.4. The minimum absolute atomic E-state index is 0.0143. The smallest absolute Gasteiger partial charge is 0.305 e. The second kappa shape index (κ2) is 67.1. The maximum atomic E-state index is 12.5. The zero-order valence-corrected chi connectivity index (χ0v) is 52.5. The molecule has 458 valence electrons. The molecule has 0 aliphatic heterocycles. The summed E-state index contributed by atoms with van der Waals surface area (Å²) in [5, 5.41) is 23.4. The fraction of sp³-hybridized carbons (Fsp3) is 0.944. The van der Waals surface area contributed by atoms with Crippen LogP contribution in [0.1, 0.15) is 406 Å². The van der Waals surface area contributed by atoms with Crippen molar-refractivity contribution >= 4 is 11.9 Å². The zero-order valence-electron chi connectivity index (χ0n) is 52.5. The van der Waals surface area contributed by atoms with Crippen LogP contribution in [0.15, 0.2) is 12.2 Å². The average Bonchev–Trinajstić information content (AvgIpc) is 3.43. The number of esters is 1. The summed E-state index contributed by atoms with van der Waals surface area (Å²) in [7, 11) is 0. The Balaban J connectivity index is 3.39. The summed E-state index contributed by atoms with van der Waals surface area (Å²) >= 11 is 0. The molecular weight excluding hydrogens is 947 g/mol. The quantitative estimate of drug-likeness (QED) is 0.0320. The lowest BCUT2D eigenvalue weighted by molar-refractivity contribution is -0.143. The molecule has 0 aliphatic rings. The normalized spacial score (nSPS) is 12.5. The summed E-state index contributed by atoms with van der Waals surface area (Å²) in [5.41, 5.74) is 0. The molecule has 0 aliphatic carbocycles. The number of aliphatic hydroxyl groups is 2. The summed E-state index contributed by atoms with van der Waals surface area (Å²) in [6, 6.07) is -0.547. The SMILES string of the molecule is CCCCCCCCCCCCCCCCCCCCCCC(O)C(CO)NC(=O)CCCCCCCCC/C=C\CCCCCCCCCCCCOC(=O)CCCCCCCCCCCCCCCCCCCCC. The molecule has 3 N–H and O–H groups in total. The highest BCUT2D eigenvalue weighted by molar-refractivity contribution is 5.76. The van der Waals surface area contributed by atoms with Crippen LogP contribution in [0.2, 0.25) is 0 Å². The number of aliphatic hydroxyl groups excluding tert-OH is 2. The van der Waals surface area contributed by atoms with Crippen LogP contribution < -0.4 is 5.32 Å². The van der Waals surface area contributed by atoms with Gasteiger partial charge >= 0.3 is 5.97 Å². The molecule has 1 amide bonds. The van der Waals surface area contributed by atoms with Crippen molar-refractivity contribution in [2.45, 2.75) is 418 Å². The third-order valence-electron chi connectivity index (χ3n) is 16.8. The standard InChI is InChI=1S/C71H139NO5/c1-3-5-7-9-11-13-15-17-19-21-23-28-31-35-39-43-47-51-55-59-63-69(74)68(67-73)72-70(75)64-60-56-52-48-44-40-36-32-29-25-24-26-30-34-38-42-46-50-54-58-62-66-77-71(76)65-61-57-53-49-45-41-37-33-27-22-20-18-16-14-12-10-8-6-4-2/h25,29,68-69,73-74H,3-24,26-28,30-67H2,1-2H3,(H,72,75)/b29-25-. The van der Waals surface area contributed by atoms with Gasteiger partial charge < -0.3 is 20.3 Å². The molecule has 6 heteroatoms. The van der Waals surface area contributed by atoms with Crippen molar-refractivity contribution in [2.75, 3.05) is 13.2 Å². The van der Waals surface area contributed by atoms with Crippen LogP contribution in [-0.4, -0.2) is 47.4 Å². The van der Waals surface area contributed by atoms with Gasteiger partial charge in [0.2, 0.25) is 5.91 Å². The van der Waals surface area contributed by atoms with E-state index < -0.39 is 12.1 Å². The summed E-state index contributed by atoms with van der Waals surface area (Å²) in [6.45, 7) is 4.99. The van der Waals surface area contributed by atoms with E-state index in [9.17, 15) is 19.8 Å². The van der Waals surface area contributed by atoms with Crippen molar-refractivity contribution in [2.24, 2.45) is 0 Å². The number of rotatable bonds is 67. The molecule has 0 saturated carbocycles. The monoisotopic (exact) mass is 1090 g/mol. The molecule has 0 aromatic carbocycles. The number of carbonyl (C=O) groups excluding carboxylic acids is 2. The summed E-state index contributed by atoms with van der Waals surface area (Å²) in [6.07, 6.45) is 82.5. The molecule has 6 nitrogen and oxygen atoms in total. The lowest BCUT2D eigenvalue weighted by Crippen LogP contribution is -2.45. The summed E-state index contributed by atoms with van der Waals surface area (Å²) < 4.78 is 5.51. The van der Waals surface area contributed by atoms with Crippen molar-refractivity contribution < 1.29 is 24.5 Å². The first-order chi connectivity index (χ1) is 38.0. The Morgan fingerprint density at radius 3 is 0.922 bits per heavy atom. The second-order valence-corrected chi connectivity index (χ2v) is 24.6. The third-order valence-corrected chi connectivity index (χ3v) is 16.8. The van der Waals surface area contributed by atoms with Crippen LogP contribution in [0.4, 0.5) is 0 Å². The molecule has 2 atom stereocenters. The summed E-state index contributed by atoms with van der Waals surface area (Å²) in [4.78, 5) is 24.7. The van der Waals surface area contributed by atoms with Crippen molar-refractivity contribution in [3.8, 4) is 0 Å². The molecule has 0 saturated heterocycles. The number of carbonyl (C=O) groups is 2. The Morgan fingerprint density at radius 2 is 0.610 bits per heavy atom. The van der Waals surface area contributed by atoms with Gasteiger partial charge in [-0.05, 0) is 51.4 Å². The minimum atomic E-state index is -0.670. The first-order valence-electron chi connectivity index (χ1n) is 35.4. The topological polar surface area (TPSA) is 95.9 Å². The molecular formula is C71H139NO5. The highest BCUT2D eigenvalue weighted by Gasteiger charge is 2.20. The van der Waals surface area contributed by atoms with Gasteiger partial charge in [0.05, 0.1) is 25.4 Å². The van der Waals surface area contributed by atoms with Gasteiger partial charge in [-0.2, -0.15) is 0 Å². The van der Waals surface area contributed by atoms with Crippen molar-refractivity contribution in [3.63, 3.8) is 0 Å². The number of unbranched alkanes of at least 4 members (excludes halogenated alkanes) is 54. The highest BCUT2D eigenvalue weighted by Crippen LogP contribution is 2.19. The summed E-state index contributed by atoms with van der Waals surface area (Å²) in [5.74, 6) is -0.0238. The van der Waals surface area contributed by atoms with Gasteiger partial charge in [0.1, 0.15) is 0 Å². The Labute approximate surface area is 482 Å². The molecule has 0 spiro atoms. The van der Waals surface area contributed by atoms with Crippen molar-refractivity contribution in [1.82, 2.24) is 5.32 Å². The lowest BCUT2D eigenvalue weighted by Gasteiger charge is -2.22. The van der Waals surface area contributed by atoms with Gasteiger partial charge in [-0.3, -0.25) is 9.59 Å². The maximum Gasteiger partial charge on any atom is 0.305 e. The van der Waals surface area contributed by atoms with E-state index >= 15 is 0 Å². The fourth-order valence-corrected chi connectivity index (χ4v) is 11.4. The van der Waals surface area contributed by atoms with Crippen LogP contribution in [-0.2, 0) is 14.3 Å². The van der Waals surface area contributed by atoms with Gasteiger partial charge in [-0.15, -0.1) is 0 Å². The molecule has 0 bridgehead atoms. The van der Waals surface area contributed by atoms with Gasteiger partial charge in [0.25, 0.3) is 0 Å². The van der Waals surface area contributed by atoms with E-state index in [1.54, 1.807) is 0 Å². The molecule has 0 aromatic heterocycles. The van der Waals surface area contributed by atoms with E-state index in [2.05, 4.69) is 31.3 Å². The number of hydrogen-bond acceptors (Lipinski definition) is 5. The van der Waals surface area contributed by atoms with Crippen LogP contribution in [0.25, 0.3) is 0 Å². The average molecular weight is 1090 g/mol. The van der Waals surface area contributed by atoms with Crippen molar-refractivity contribution in [3.05, 3.63) is 12.2 Å². The van der Waals surface area contributed by atoms with Crippen LogP contribution in [0.5, 0.6) is 0 Å². The molecule has 0 heterocycles. The molecule has 0 fully saturated rings. The molecule has 0 radical (unpaired) electrons. The largest absolute Gasteiger partial charge is 0.466 e. The van der Waals surface area contributed by atoms with Crippen LogP contribution in [0, 0.1) is 0 Å². The Bertz CT molecular complexity index is 1160. The predicted octanol–water partition coefficient (Wildman–Crippen LogP) is 22.8. The van der Waals surface area contributed by atoms with E-state index in [4.69, 9.17) is 4.74 Å². The molecule has 0 rings (SSSR count). The van der Waals surface area contributed by atoms with E-state index in [1.165, 1.54) is 334 Å². The third kappa shape index (κ3) is 63.6. The first-order valence-corrected chi connectivity index (χ1v) is 35.4. The molecule has 77 heavy (non-hydrogen) atoms. The van der Waals surface area contributed by atoms with E-state index in [1.807, 2.05) is 0 Å². The van der Waals surface area contributed by atoms with Crippen molar-refractivity contribution in [1.29, 1.82) is 0 Å². The van der Waals surface area contributed by atoms with E-state index in [0.29, 0.717) is 25.9 Å². The first kappa shape index (κ1) is 75.6. The van der Waals surface area contributed by atoms with Crippen LogP contribution in [0.3, 0.4) is 0 Å². The van der Waals surface area contributed by atoms with Crippen LogP contribution >= 0.6 is 0 Å². The van der Waals surface area contributed by atoms with E-state index in [-0.39, 0.29) is 18.5 Å². The number of ether oxygens (including phenoxy) is 1. The zero-order chi connectivity index (χ0) is 55.7. The lowest BCUT2D eigenvalue weighted by atomic mass is 10.0. The highest BCUT2D eigenvalue weighted by atomic mass is 16.5. The van der Waals surface area contributed by atoms with Gasteiger partial charge in [-0.25, -0.2) is 0 Å². The number of hydrogen-bond donors (Lipinski definition) is 3. The number of nitrogens with one attached hydrogen (secondary N) is 1. The van der Waals surface area contributed by atoms with E-state index in [0.717, 1.165) is 38.5 Å². The molecule has 0 aromatic rings. The molecule has 2 unspecified atom stereocenters. The minimum Gasteiger partial charge on any atom is -0.466 e. The second-order valence-electron chi connectivity index (χ2n) is 24.6. The predicted molar refractivity (Wildman–Crippen MR) is 338 cm³/mol. The Morgan fingerprint density at radius 1 is 0.351 bits per heavy atom. The Kier molecular flexibility index (Phi) is 65.9. The van der Waals surface area contributed by atoms with Gasteiger partial charge in [-0.1, -0.05) is 353 Å². The number of amides is 1. The van der Waals surface area contributed by atoms with Gasteiger partial charge in [0.15, 0.2) is 0 Å².